The molecule has 0 unspecified atom stereocenters. The zero-order valence-electron chi connectivity index (χ0n) is 11.6. The van der Waals surface area contributed by atoms with Crippen molar-refractivity contribution >= 4 is 5.78 Å². The van der Waals surface area contributed by atoms with Crippen molar-refractivity contribution < 1.29 is 4.79 Å². The number of Topliss-reactive ketones (excluding diaryl/α,β-unsaturated/α-hetero) is 1. The van der Waals surface area contributed by atoms with Crippen LogP contribution in [0.5, 0.6) is 0 Å². The molecule has 1 aliphatic rings. The summed E-state index contributed by atoms with van der Waals surface area (Å²) in [6, 6.07) is 20.7. The van der Waals surface area contributed by atoms with E-state index >= 15 is 0 Å². The third-order valence-electron chi connectivity index (χ3n) is 4.15. The van der Waals surface area contributed by atoms with Gasteiger partial charge in [0.15, 0.2) is 0 Å². The Kier molecular flexibility index (Phi) is 3.66. The molecule has 20 heavy (non-hydrogen) atoms. The molecule has 0 saturated carbocycles. The molecular formula is C18H19NO. The Bertz CT molecular complexity index is 579. The van der Waals surface area contributed by atoms with Crippen molar-refractivity contribution in [2.24, 2.45) is 5.92 Å². The first-order valence-corrected chi connectivity index (χ1v) is 7.14. The molecule has 1 fully saturated rings. The number of rotatable bonds is 2. The SMILES string of the molecule is C[C@@H]1C(=O)C[C@H](c2ccccc2)N[C@@H]1c1ccccc1. The monoisotopic (exact) mass is 265 g/mol. The Morgan fingerprint density at radius 1 is 0.900 bits per heavy atom. The van der Waals surface area contributed by atoms with E-state index in [4.69, 9.17) is 0 Å². The lowest BCUT2D eigenvalue weighted by Crippen LogP contribution is -2.41. The summed E-state index contributed by atoms with van der Waals surface area (Å²) in [5.41, 5.74) is 2.38. The summed E-state index contributed by atoms with van der Waals surface area (Å²) in [7, 11) is 0. The van der Waals surface area contributed by atoms with E-state index < -0.39 is 0 Å². The van der Waals surface area contributed by atoms with Crippen LogP contribution in [-0.2, 0) is 4.79 Å². The Hall–Kier alpha value is -1.93. The van der Waals surface area contributed by atoms with Crippen molar-refractivity contribution in [1.82, 2.24) is 5.32 Å². The van der Waals surface area contributed by atoms with E-state index in [0.717, 1.165) is 0 Å². The molecule has 2 nitrogen and oxygen atoms in total. The Morgan fingerprint density at radius 3 is 2.05 bits per heavy atom. The second kappa shape index (κ2) is 5.59. The van der Waals surface area contributed by atoms with Crippen LogP contribution in [0.15, 0.2) is 60.7 Å². The summed E-state index contributed by atoms with van der Waals surface area (Å²) >= 11 is 0. The molecule has 1 heterocycles. The highest BCUT2D eigenvalue weighted by Crippen LogP contribution is 2.34. The zero-order chi connectivity index (χ0) is 13.9. The van der Waals surface area contributed by atoms with Gasteiger partial charge in [-0.15, -0.1) is 0 Å². The van der Waals surface area contributed by atoms with Crippen LogP contribution < -0.4 is 5.32 Å². The van der Waals surface area contributed by atoms with Gasteiger partial charge in [0.1, 0.15) is 5.78 Å². The van der Waals surface area contributed by atoms with E-state index in [-0.39, 0.29) is 18.0 Å². The number of nitrogens with one attached hydrogen (secondary N) is 1. The molecule has 3 rings (SSSR count). The Morgan fingerprint density at radius 2 is 1.45 bits per heavy atom. The summed E-state index contributed by atoms with van der Waals surface area (Å²) in [4.78, 5) is 12.3. The van der Waals surface area contributed by atoms with Gasteiger partial charge in [-0.2, -0.15) is 0 Å². The van der Waals surface area contributed by atoms with E-state index in [1.165, 1.54) is 11.1 Å². The van der Waals surface area contributed by atoms with E-state index in [2.05, 4.69) is 29.6 Å². The van der Waals surface area contributed by atoms with Crippen molar-refractivity contribution in [2.45, 2.75) is 25.4 Å². The molecule has 1 N–H and O–H groups in total. The molecule has 0 spiro atoms. The standard InChI is InChI=1S/C18H19NO/c1-13-17(20)12-16(14-8-4-2-5-9-14)19-18(13)15-10-6-3-7-11-15/h2-11,13,16,18-19H,12H2,1H3/t13-,16-,18+/m1/s1. The van der Waals surface area contributed by atoms with E-state index in [1.807, 2.05) is 43.3 Å². The first-order valence-electron chi connectivity index (χ1n) is 7.14. The minimum Gasteiger partial charge on any atom is -0.302 e. The summed E-state index contributed by atoms with van der Waals surface area (Å²) < 4.78 is 0. The average molecular weight is 265 g/mol. The average Bonchev–Trinajstić information content (AvgIpc) is 2.51. The molecule has 102 valence electrons. The summed E-state index contributed by atoms with van der Waals surface area (Å²) in [6.45, 7) is 2.02. The van der Waals surface area contributed by atoms with Crippen LogP contribution in [0.25, 0.3) is 0 Å². The van der Waals surface area contributed by atoms with Crippen LogP contribution in [0.1, 0.15) is 36.6 Å². The number of ketones is 1. The molecule has 1 aliphatic heterocycles. The fraction of sp³-hybridized carbons (Fsp3) is 0.278. The minimum atomic E-state index is 0.0253. The number of piperidine rings is 1. The number of benzene rings is 2. The maximum Gasteiger partial charge on any atom is 0.139 e. The predicted molar refractivity (Wildman–Crippen MR) is 80.3 cm³/mol. The molecule has 2 heteroatoms. The first kappa shape index (κ1) is 13.1. The lowest BCUT2D eigenvalue weighted by atomic mass is 9.82. The van der Waals surface area contributed by atoms with Crippen LogP contribution in [0, 0.1) is 5.92 Å². The summed E-state index contributed by atoms with van der Waals surface area (Å²) in [5, 5.41) is 3.65. The van der Waals surface area contributed by atoms with Crippen molar-refractivity contribution in [3.8, 4) is 0 Å². The van der Waals surface area contributed by atoms with Gasteiger partial charge in [-0.1, -0.05) is 67.6 Å². The maximum absolute atomic E-state index is 12.3. The fourth-order valence-electron chi connectivity index (χ4n) is 2.94. The molecule has 0 radical (unpaired) electrons. The lowest BCUT2D eigenvalue weighted by molar-refractivity contribution is -0.126. The Labute approximate surface area is 119 Å². The second-order valence-electron chi connectivity index (χ2n) is 5.48. The zero-order valence-corrected chi connectivity index (χ0v) is 11.6. The third-order valence-corrected chi connectivity index (χ3v) is 4.15. The van der Waals surface area contributed by atoms with Gasteiger partial charge >= 0.3 is 0 Å². The van der Waals surface area contributed by atoms with Gasteiger partial charge in [-0.3, -0.25) is 4.79 Å². The summed E-state index contributed by atoms with van der Waals surface area (Å²) in [6.07, 6.45) is 0.578. The first-order chi connectivity index (χ1) is 9.75. The fourth-order valence-corrected chi connectivity index (χ4v) is 2.94. The molecule has 0 amide bonds. The summed E-state index contributed by atoms with van der Waals surface area (Å²) in [5.74, 6) is 0.365. The molecule has 0 aliphatic carbocycles. The highest BCUT2D eigenvalue weighted by Gasteiger charge is 2.34. The Balaban J connectivity index is 1.89. The topological polar surface area (TPSA) is 29.1 Å². The minimum absolute atomic E-state index is 0.0253. The van der Waals surface area contributed by atoms with Gasteiger partial charge in [-0.25, -0.2) is 0 Å². The van der Waals surface area contributed by atoms with E-state index in [1.54, 1.807) is 0 Å². The molecule has 1 saturated heterocycles. The smallest absolute Gasteiger partial charge is 0.139 e. The molecule has 0 aromatic heterocycles. The van der Waals surface area contributed by atoms with Crippen molar-refractivity contribution in [3.63, 3.8) is 0 Å². The normalized spacial score (nSPS) is 26.4. The highest BCUT2D eigenvalue weighted by molar-refractivity contribution is 5.83. The number of carbonyl (C=O) groups is 1. The number of hydrogen-bond acceptors (Lipinski definition) is 2. The van der Waals surface area contributed by atoms with Crippen LogP contribution in [0.3, 0.4) is 0 Å². The molecule has 0 bridgehead atoms. The van der Waals surface area contributed by atoms with Gasteiger partial charge in [0, 0.05) is 24.4 Å². The van der Waals surface area contributed by atoms with Crippen molar-refractivity contribution in [1.29, 1.82) is 0 Å². The van der Waals surface area contributed by atoms with E-state index in [9.17, 15) is 4.79 Å². The van der Waals surface area contributed by atoms with Gasteiger partial charge in [-0.05, 0) is 11.1 Å². The van der Waals surface area contributed by atoms with Crippen LogP contribution in [-0.4, -0.2) is 5.78 Å². The van der Waals surface area contributed by atoms with Gasteiger partial charge in [0.25, 0.3) is 0 Å². The van der Waals surface area contributed by atoms with Crippen LogP contribution in [0.4, 0.5) is 0 Å². The molecular weight excluding hydrogens is 246 g/mol. The quantitative estimate of drug-likeness (QED) is 0.897. The third kappa shape index (κ3) is 2.52. The predicted octanol–water partition coefficient (Wildman–Crippen LogP) is 3.67. The van der Waals surface area contributed by atoms with E-state index in [0.29, 0.717) is 12.2 Å². The van der Waals surface area contributed by atoms with Crippen LogP contribution >= 0.6 is 0 Å². The van der Waals surface area contributed by atoms with Gasteiger partial charge in [0.05, 0.1) is 0 Å². The number of carbonyl (C=O) groups excluding carboxylic acids is 1. The largest absolute Gasteiger partial charge is 0.302 e. The molecule has 2 aromatic carbocycles. The van der Waals surface area contributed by atoms with Gasteiger partial charge in [0.2, 0.25) is 0 Å². The number of hydrogen-bond donors (Lipinski definition) is 1. The van der Waals surface area contributed by atoms with Crippen molar-refractivity contribution in [2.75, 3.05) is 0 Å². The second-order valence-corrected chi connectivity index (χ2v) is 5.48. The molecule has 3 atom stereocenters. The van der Waals surface area contributed by atoms with Crippen LogP contribution in [0.2, 0.25) is 0 Å². The maximum atomic E-state index is 12.3. The highest BCUT2D eigenvalue weighted by atomic mass is 16.1. The lowest BCUT2D eigenvalue weighted by Gasteiger charge is -2.35. The van der Waals surface area contributed by atoms with Gasteiger partial charge < -0.3 is 5.32 Å². The molecule has 2 aromatic rings. The van der Waals surface area contributed by atoms with Crippen molar-refractivity contribution in [3.05, 3.63) is 71.8 Å².